The number of fused-ring (bicyclic) bond motifs is 2. The van der Waals surface area contributed by atoms with Crippen molar-refractivity contribution in [3.63, 3.8) is 0 Å². The molecule has 3 aromatic heterocycles. The monoisotopic (exact) mass is 271 g/mol. The van der Waals surface area contributed by atoms with Crippen molar-refractivity contribution in [2.75, 3.05) is 0 Å². The van der Waals surface area contributed by atoms with Gasteiger partial charge in [-0.25, -0.2) is 9.97 Å². The standard InChI is InChI=1S/C18H13N3/c1-12-5-4-10-19-18(12)16-9-8-15-17(21-16)11-13-6-2-3-7-14(13)20-15/h2-11H,1H3. The number of hydrogen-bond acceptors (Lipinski definition) is 3. The molecule has 0 aliphatic heterocycles. The molecule has 0 unspecified atom stereocenters. The quantitative estimate of drug-likeness (QED) is 0.488. The van der Waals surface area contributed by atoms with Crippen LogP contribution in [-0.4, -0.2) is 15.0 Å². The fourth-order valence-corrected chi connectivity index (χ4v) is 2.54. The number of aromatic nitrogens is 3. The van der Waals surface area contributed by atoms with E-state index in [1.54, 1.807) is 6.20 Å². The van der Waals surface area contributed by atoms with Gasteiger partial charge in [0.15, 0.2) is 0 Å². The van der Waals surface area contributed by atoms with Crippen molar-refractivity contribution in [1.82, 2.24) is 15.0 Å². The maximum Gasteiger partial charge on any atom is 0.0915 e. The van der Waals surface area contributed by atoms with Crippen LogP contribution in [-0.2, 0) is 0 Å². The van der Waals surface area contributed by atoms with Gasteiger partial charge in [-0.1, -0.05) is 24.3 Å². The van der Waals surface area contributed by atoms with Crippen LogP contribution in [0, 0.1) is 6.92 Å². The third-order valence-corrected chi connectivity index (χ3v) is 3.62. The average molecular weight is 271 g/mol. The zero-order valence-corrected chi connectivity index (χ0v) is 11.6. The van der Waals surface area contributed by atoms with Gasteiger partial charge in [0.25, 0.3) is 0 Å². The molecule has 0 atom stereocenters. The molecule has 0 spiro atoms. The number of benzene rings is 1. The topological polar surface area (TPSA) is 38.7 Å². The van der Waals surface area contributed by atoms with Crippen LogP contribution in [0.1, 0.15) is 5.56 Å². The van der Waals surface area contributed by atoms with E-state index in [0.29, 0.717) is 0 Å². The lowest BCUT2D eigenvalue weighted by Gasteiger charge is -2.06. The molecule has 0 N–H and O–H groups in total. The summed E-state index contributed by atoms with van der Waals surface area (Å²) in [7, 11) is 0. The highest BCUT2D eigenvalue weighted by atomic mass is 14.8. The maximum atomic E-state index is 4.73. The molecule has 0 aliphatic rings. The Morgan fingerprint density at radius 3 is 2.57 bits per heavy atom. The van der Waals surface area contributed by atoms with Crippen molar-refractivity contribution in [2.45, 2.75) is 6.92 Å². The molecule has 0 fully saturated rings. The van der Waals surface area contributed by atoms with Gasteiger partial charge in [-0.3, -0.25) is 4.98 Å². The fraction of sp³-hybridized carbons (Fsp3) is 0.0556. The Labute approximate surface area is 122 Å². The van der Waals surface area contributed by atoms with E-state index in [9.17, 15) is 0 Å². The molecule has 0 saturated carbocycles. The number of para-hydroxylation sites is 1. The smallest absolute Gasteiger partial charge is 0.0915 e. The first-order chi connectivity index (χ1) is 10.3. The summed E-state index contributed by atoms with van der Waals surface area (Å²) in [5.41, 5.74) is 5.74. The first-order valence-corrected chi connectivity index (χ1v) is 6.90. The summed E-state index contributed by atoms with van der Waals surface area (Å²) in [5, 5.41) is 1.10. The third-order valence-electron chi connectivity index (χ3n) is 3.62. The van der Waals surface area contributed by atoms with Gasteiger partial charge in [-0.15, -0.1) is 0 Å². The van der Waals surface area contributed by atoms with Crippen molar-refractivity contribution in [2.24, 2.45) is 0 Å². The zero-order chi connectivity index (χ0) is 14.2. The first-order valence-electron chi connectivity index (χ1n) is 6.90. The molecule has 21 heavy (non-hydrogen) atoms. The molecular formula is C18H13N3. The predicted molar refractivity (Wildman–Crippen MR) is 85.0 cm³/mol. The number of aryl methyl sites for hydroxylation is 1. The van der Waals surface area contributed by atoms with Crippen LogP contribution in [0.3, 0.4) is 0 Å². The lowest BCUT2D eigenvalue weighted by atomic mass is 10.1. The minimum Gasteiger partial charge on any atom is -0.254 e. The van der Waals surface area contributed by atoms with Gasteiger partial charge in [0, 0.05) is 11.6 Å². The SMILES string of the molecule is Cc1cccnc1-c1ccc2nc3ccccc3cc2n1. The summed E-state index contributed by atoms with van der Waals surface area (Å²) in [4.78, 5) is 13.8. The van der Waals surface area contributed by atoms with Gasteiger partial charge in [0.05, 0.1) is 27.9 Å². The van der Waals surface area contributed by atoms with Gasteiger partial charge in [0.1, 0.15) is 0 Å². The third kappa shape index (κ3) is 2.03. The van der Waals surface area contributed by atoms with E-state index in [-0.39, 0.29) is 0 Å². The fourth-order valence-electron chi connectivity index (χ4n) is 2.54. The van der Waals surface area contributed by atoms with Crippen LogP contribution < -0.4 is 0 Å². The summed E-state index contributed by atoms with van der Waals surface area (Å²) in [6.07, 6.45) is 1.80. The van der Waals surface area contributed by atoms with Crippen LogP contribution >= 0.6 is 0 Å². The zero-order valence-electron chi connectivity index (χ0n) is 11.6. The van der Waals surface area contributed by atoms with E-state index < -0.39 is 0 Å². The molecule has 0 radical (unpaired) electrons. The molecule has 0 bridgehead atoms. The van der Waals surface area contributed by atoms with E-state index in [1.165, 1.54) is 0 Å². The molecular weight excluding hydrogens is 258 g/mol. The first kappa shape index (κ1) is 12.0. The Kier molecular flexibility index (Phi) is 2.64. The Hall–Kier alpha value is -2.81. The highest BCUT2D eigenvalue weighted by Crippen LogP contribution is 2.23. The Morgan fingerprint density at radius 2 is 1.67 bits per heavy atom. The Bertz CT molecular complexity index is 961. The Morgan fingerprint density at radius 1 is 0.762 bits per heavy atom. The molecule has 0 amide bonds. The van der Waals surface area contributed by atoms with Crippen molar-refractivity contribution in [1.29, 1.82) is 0 Å². The van der Waals surface area contributed by atoms with Crippen LogP contribution in [0.25, 0.3) is 33.3 Å². The minimum absolute atomic E-state index is 0.887. The molecule has 1 aromatic carbocycles. The summed E-state index contributed by atoms with van der Waals surface area (Å²) >= 11 is 0. The van der Waals surface area contributed by atoms with E-state index in [2.05, 4.69) is 22.1 Å². The number of hydrogen-bond donors (Lipinski definition) is 0. The number of pyridine rings is 3. The lowest BCUT2D eigenvalue weighted by Crippen LogP contribution is -1.92. The highest BCUT2D eigenvalue weighted by molar-refractivity contribution is 5.91. The molecule has 100 valence electrons. The molecule has 4 aromatic rings. The molecule has 0 aliphatic carbocycles. The lowest BCUT2D eigenvalue weighted by molar-refractivity contribution is 1.23. The molecule has 3 heteroatoms. The van der Waals surface area contributed by atoms with E-state index in [0.717, 1.165) is 38.9 Å². The maximum absolute atomic E-state index is 4.73. The molecule has 0 saturated heterocycles. The average Bonchev–Trinajstić information content (AvgIpc) is 2.53. The number of nitrogens with zero attached hydrogens (tertiary/aromatic N) is 3. The normalized spacial score (nSPS) is 11.1. The summed E-state index contributed by atoms with van der Waals surface area (Å²) < 4.78 is 0. The second-order valence-corrected chi connectivity index (χ2v) is 5.08. The molecule has 3 nitrogen and oxygen atoms in total. The Balaban J connectivity index is 1.97. The second kappa shape index (κ2) is 4.63. The van der Waals surface area contributed by atoms with Gasteiger partial charge in [-0.05, 0) is 42.8 Å². The van der Waals surface area contributed by atoms with Crippen molar-refractivity contribution >= 4 is 21.9 Å². The predicted octanol–water partition coefficient (Wildman–Crippen LogP) is 4.15. The highest BCUT2D eigenvalue weighted by Gasteiger charge is 2.07. The van der Waals surface area contributed by atoms with Crippen molar-refractivity contribution < 1.29 is 0 Å². The van der Waals surface area contributed by atoms with Crippen LogP contribution in [0.15, 0.2) is 60.8 Å². The van der Waals surface area contributed by atoms with Crippen LogP contribution in [0.4, 0.5) is 0 Å². The molecule has 4 rings (SSSR count). The van der Waals surface area contributed by atoms with Gasteiger partial charge < -0.3 is 0 Å². The van der Waals surface area contributed by atoms with E-state index in [1.807, 2.05) is 49.4 Å². The number of rotatable bonds is 1. The summed E-state index contributed by atoms with van der Waals surface area (Å²) in [6.45, 7) is 2.05. The van der Waals surface area contributed by atoms with Crippen molar-refractivity contribution in [3.8, 4) is 11.4 Å². The summed E-state index contributed by atoms with van der Waals surface area (Å²) in [6, 6.07) is 18.2. The second-order valence-electron chi connectivity index (χ2n) is 5.08. The van der Waals surface area contributed by atoms with Crippen LogP contribution in [0.5, 0.6) is 0 Å². The van der Waals surface area contributed by atoms with E-state index in [4.69, 9.17) is 4.98 Å². The van der Waals surface area contributed by atoms with Crippen molar-refractivity contribution in [3.05, 3.63) is 66.4 Å². The largest absolute Gasteiger partial charge is 0.254 e. The van der Waals surface area contributed by atoms with Gasteiger partial charge in [-0.2, -0.15) is 0 Å². The summed E-state index contributed by atoms with van der Waals surface area (Å²) in [5.74, 6) is 0. The van der Waals surface area contributed by atoms with Gasteiger partial charge >= 0.3 is 0 Å². The minimum atomic E-state index is 0.887. The van der Waals surface area contributed by atoms with Crippen LogP contribution in [0.2, 0.25) is 0 Å². The van der Waals surface area contributed by atoms with Gasteiger partial charge in [0.2, 0.25) is 0 Å². The van der Waals surface area contributed by atoms with E-state index >= 15 is 0 Å². The molecule has 3 heterocycles.